The topological polar surface area (TPSA) is 74.8 Å². The van der Waals surface area contributed by atoms with Crippen molar-refractivity contribution in [1.29, 1.82) is 0 Å². The van der Waals surface area contributed by atoms with Gasteiger partial charge in [-0.2, -0.15) is 0 Å². The third-order valence-corrected chi connectivity index (χ3v) is 7.26. The molecule has 4 aliphatic rings. The van der Waals surface area contributed by atoms with Crippen molar-refractivity contribution < 1.29 is 14.3 Å². The predicted octanol–water partition coefficient (Wildman–Crippen LogP) is 1.68. The highest BCUT2D eigenvalue weighted by Crippen LogP contribution is 2.54. The van der Waals surface area contributed by atoms with Gasteiger partial charge in [0.25, 0.3) is 5.91 Å². The molecule has 1 spiro atoms. The lowest BCUT2D eigenvalue weighted by Crippen LogP contribution is -2.41. The van der Waals surface area contributed by atoms with Crippen LogP contribution in [0.5, 0.6) is 0 Å². The van der Waals surface area contributed by atoms with Crippen molar-refractivity contribution in [2.24, 2.45) is 17.8 Å². The van der Waals surface area contributed by atoms with Crippen LogP contribution in [0.1, 0.15) is 42.5 Å². The predicted molar refractivity (Wildman–Crippen MR) is 109 cm³/mol. The second kappa shape index (κ2) is 6.97. The Balaban J connectivity index is 1.21. The van der Waals surface area contributed by atoms with Crippen LogP contribution in [-0.4, -0.2) is 67.1 Å². The summed E-state index contributed by atoms with van der Waals surface area (Å²) in [6, 6.07) is 3.66. The molecule has 4 atom stereocenters. The Labute approximate surface area is 171 Å². The molecule has 7 heteroatoms. The van der Waals surface area contributed by atoms with Gasteiger partial charge in [-0.1, -0.05) is 0 Å². The molecule has 1 aromatic rings. The average Bonchev–Trinajstić information content (AvgIpc) is 3.20. The lowest BCUT2D eigenvalue weighted by molar-refractivity contribution is -0.132. The number of anilines is 1. The van der Waals surface area contributed by atoms with E-state index >= 15 is 0 Å². The van der Waals surface area contributed by atoms with E-state index < -0.39 is 0 Å². The van der Waals surface area contributed by atoms with E-state index in [0.29, 0.717) is 30.4 Å². The number of nitrogens with zero attached hydrogens (tertiary/aromatic N) is 3. The third kappa shape index (κ3) is 3.39. The van der Waals surface area contributed by atoms with Gasteiger partial charge in [0.2, 0.25) is 5.91 Å². The molecule has 156 valence electrons. The summed E-state index contributed by atoms with van der Waals surface area (Å²) in [6.45, 7) is 2.11. The lowest BCUT2D eigenvalue weighted by Gasteiger charge is -2.29. The maximum absolute atomic E-state index is 12.6. The monoisotopic (exact) mass is 398 g/mol. The number of hydrogen-bond donors (Lipinski definition) is 1. The Hall–Kier alpha value is -2.15. The van der Waals surface area contributed by atoms with E-state index in [9.17, 15) is 9.59 Å². The first-order valence-electron chi connectivity index (χ1n) is 10.8. The maximum atomic E-state index is 12.6. The summed E-state index contributed by atoms with van der Waals surface area (Å²) in [5, 5.41) is 3.09. The van der Waals surface area contributed by atoms with Crippen LogP contribution >= 0.6 is 0 Å². The Morgan fingerprint density at radius 1 is 1.31 bits per heavy atom. The zero-order chi connectivity index (χ0) is 20.2. The van der Waals surface area contributed by atoms with Crippen LogP contribution in [0.3, 0.4) is 0 Å². The standard InChI is InChI=1S/C22H30N4O3/c1-25(2)19-6-5-15(10-23-19)21(28)24-11-16-17-12-26(20(27)9-14-3-4-14)13-22(17)8-7-18(16)29-22/h5-6,10,14,16-18H,3-4,7-9,11-13H2,1-2H3,(H,24,28)/t16-,17+,18+,22+/m0/s1. The van der Waals surface area contributed by atoms with E-state index in [4.69, 9.17) is 4.74 Å². The van der Waals surface area contributed by atoms with Crippen LogP contribution in [0.2, 0.25) is 0 Å². The molecule has 2 amide bonds. The van der Waals surface area contributed by atoms with Gasteiger partial charge in [0.05, 0.1) is 23.8 Å². The molecule has 1 saturated carbocycles. The van der Waals surface area contributed by atoms with Crippen LogP contribution in [-0.2, 0) is 9.53 Å². The summed E-state index contributed by atoms with van der Waals surface area (Å²) in [4.78, 5) is 33.5. The van der Waals surface area contributed by atoms with E-state index in [1.165, 1.54) is 12.8 Å². The first-order chi connectivity index (χ1) is 13.9. The number of nitrogens with one attached hydrogen (secondary N) is 1. The number of aromatic nitrogens is 1. The van der Waals surface area contributed by atoms with Crippen molar-refractivity contribution in [2.75, 3.05) is 38.6 Å². The second-order valence-electron chi connectivity index (χ2n) is 9.46. The van der Waals surface area contributed by atoms with E-state index in [1.54, 1.807) is 6.20 Å². The Bertz CT molecular complexity index is 807. The molecule has 3 saturated heterocycles. The van der Waals surface area contributed by atoms with Crippen molar-refractivity contribution in [2.45, 2.75) is 43.8 Å². The van der Waals surface area contributed by atoms with E-state index in [1.807, 2.05) is 36.0 Å². The van der Waals surface area contributed by atoms with Gasteiger partial charge in [-0.05, 0) is 43.7 Å². The lowest BCUT2D eigenvalue weighted by atomic mass is 9.73. The zero-order valence-corrected chi connectivity index (χ0v) is 17.3. The minimum Gasteiger partial charge on any atom is -0.369 e. The van der Waals surface area contributed by atoms with Crippen molar-refractivity contribution in [3.63, 3.8) is 0 Å². The van der Waals surface area contributed by atoms with Crippen LogP contribution < -0.4 is 10.2 Å². The van der Waals surface area contributed by atoms with Gasteiger partial charge in [0.1, 0.15) is 5.82 Å². The number of amides is 2. The number of hydrogen-bond acceptors (Lipinski definition) is 5. The quantitative estimate of drug-likeness (QED) is 0.789. The summed E-state index contributed by atoms with van der Waals surface area (Å²) in [5.74, 6) is 2.24. The third-order valence-electron chi connectivity index (χ3n) is 7.26. The van der Waals surface area contributed by atoms with Crippen molar-refractivity contribution >= 4 is 17.6 Å². The number of carbonyl (C=O) groups is 2. The summed E-state index contributed by atoms with van der Waals surface area (Å²) >= 11 is 0. The van der Waals surface area contributed by atoms with Gasteiger partial charge < -0.3 is 19.9 Å². The molecule has 1 aliphatic carbocycles. The second-order valence-corrected chi connectivity index (χ2v) is 9.46. The fraction of sp³-hybridized carbons (Fsp3) is 0.682. The Morgan fingerprint density at radius 2 is 2.14 bits per heavy atom. The van der Waals surface area contributed by atoms with Crippen LogP contribution in [0, 0.1) is 17.8 Å². The molecule has 4 fully saturated rings. The number of carbonyl (C=O) groups excluding carboxylic acids is 2. The normalized spacial score (nSPS) is 32.3. The van der Waals surface area contributed by atoms with Crippen molar-refractivity contribution in [3.05, 3.63) is 23.9 Å². The van der Waals surface area contributed by atoms with Crippen LogP contribution in [0.4, 0.5) is 5.82 Å². The highest BCUT2D eigenvalue weighted by Gasteiger charge is 2.63. The van der Waals surface area contributed by atoms with Gasteiger partial charge in [0, 0.05) is 51.6 Å². The highest BCUT2D eigenvalue weighted by molar-refractivity contribution is 5.94. The minimum absolute atomic E-state index is 0.0979. The van der Waals surface area contributed by atoms with Gasteiger partial charge in [-0.25, -0.2) is 4.98 Å². The molecule has 0 radical (unpaired) electrons. The smallest absolute Gasteiger partial charge is 0.252 e. The molecule has 7 nitrogen and oxygen atoms in total. The Kier molecular flexibility index (Phi) is 4.53. The fourth-order valence-corrected chi connectivity index (χ4v) is 5.45. The molecule has 1 N–H and O–H groups in total. The first-order valence-corrected chi connectivity index (χ1v) is 10.8. The summed E-state index contributed by atoms with van der Waals surface area (Å²) in [6.07, 6.45) is 6.99. The molecule has 4 heterocycles. The average molecular weight is 399 g/mol. The molecule has 3 aliphatic heterocycles. The van der Waals surface area contributed by atoms with Gasteiger partial charge in [-0.15, -0.1) is 0 Å². The molecule has 0 unspecified atom stereocenters. The molecule has 5 rings (SSSR count). The number of likely N-dealkylation sites (tertiary alicyclic amines) is 1. The van der Waals surface area contributed by atoms with Crippen LogP contribution in [0.15, 0.2) is 18.3 Å². The highest BCUT2D eigenvalue weighted by atomic mass is 16.5. The van der Waals surface area contributed by atoms with Gasteiger partial charge >= 0.3 is 0 Å². The number of pyridine rings is 1. The number of fused-ring (bicyclic) bond motifs is 1. The fourth-order valence-electron chi connectivity index (χ4n) is 5.45. The molecular formula is C22H30N4O3. The molecule has 1 aromatic heterocycles. The SMILES string of the molecule is CN(C)c1ccc(C(=O)NC[C@H]2[C@H]3CN(C(=O)CC4CC4)C[C@]34CC[C@H]2O4)cn1. The number of rotatable bonds is 6. The van der Waals surface area contributed by atoms with E-state index in [0.717, 1.165) is 31.7 Å². The molecule has 2 bridgehead atoms. The number of ether oxygens (including phenoxy) is 1. The van der Waals surface area contributed by atoms with E-state index in [-0.39, 0.29) is 29.4 Å². The Morgan fingerprint density at radius 3 is 2.83 bits per heavy atom. The summed E-state index contributed by atoms with van der Waals surface area (Å²) in [5.41, 5.74) is 0.399. The minimum atomic E-state index is -0.172. The van der Waals surface area contributed by atoms with Crippen LogP contribution in [0.25, 0.3) is 0 Å². The molecule has 0 aromatic carbocycles. The maximum Gasteiger partial charge on any atom is 0.252 e. The van der Waals surface area contributed by atoms with Gasteiger partial charge in [0.15, 0.2) is 0 Å². The summed E-state index contributed by atoms with van der Waals surface area (Å²) in [7, 11) is 3.85. The van der Waals surface area contributed by atoms with Gasteiger partial charge in [-0.3, -0.25) is 9.59 Å². The summed E-state index contributed by atoms with van der Waals surface area (Å²) < 4.78 is 6.41. The largest absolute Gasteiger partial charge is 0.369 e. The molecule has 29 heavy (non-hydrogen) atoms. The van der Waals surface area contributed by atoms with Crippen molar-refractivity contribution in [3.8, 4) is 0 Å². The first kappa shape index (κ1) is 18.9. The van der Waals surface area contributed by atoms with Crippen molar-refractivity contribution in [1.82, 2.24) is 15.2 Å². The zero-order valence-electron chi connectivity index (χ0n) is 17.3. The molecular weight excluding hydrogens is 368 g/mol. The van der Waals surface area contributed by atoms with E-state index in [2.05, 4.69) is 10.3 Å².